The molecule has 0 saturated carbocycles. The van der Waals surface area contributed by atoms with Crippen molar-refractivity contribution in [2.45, 2.75) is 38.1 Å². The average molecular weight is 377 g/mol. The van der Waals surface area contributed by atoms with Crippen molar-refractivity contribution in [3.05, 3.63) is 46.5 Å². The lowest BCUT2D eigenvalue weighted by Gasteiger charge is -2.35. The van der Waals surface area contributed by atoms with Crippen molar-refractivity contribution in [3.8, 4) is 5.75 Å². The van der Waals surface area contributed by atoms with E-state index in [1.54, 1.807) is 31.2 Å². The van der Waals surface area contributed by atoms with Crippen LogP contribution in [0.4, 0.5) is 0 Å². The van der Waals surface area contributed by atoms with Crippen LogP contribution in [0, 0.1) is 6.92 Å². The number of hydrogen-bond acceptors (Lipinski definition) is 6. The summed E-state index contributed by atoms with van der Waals surface area (Å²) in [5.74, 6) is 1.95. The maximum absolute atomic E-state index is 12.6. The number of rotatable bonds is 6. The first-order chi connectivity index (χ1) is 12.5. The Morgan fingerprint density at radius 3 is 2.92 bits per heavy atom. The van der Waals surface area contributed by atoms with Crippen LogP contribution in [-0.4, -0.2) is 38.6 Å². The van der Waals surface area contributed by atoms with Crippen molar-refractivity contribution in [3.63, 3.8) is 0 Å². The fraction of sp³-hybridized carbons (Fsp3) is 0.500. The van der Waals surface area contributed by atoms with E-state index in [1.807, 2.05) is 10.8 Å². The highest BCUT2D eigenvalue weighted by Crippen LogP contribution is 2.43. The lowest BCUT2D eigenvalue weighted by molar-refractivity contribution is -0.122. The maximum Gasteiger partial charge on any atom is 0.227 e. The molecule has 0 atom stereocenters. The summed E-state index contributed by atoms with van der Waals surface area (Å²) >= 11 is 1.81. The number of nitrogens with one attached hydrogen (secondary N) is 1. The van der Waals surface area contributed by atoms with Gasteiger partial charge in [-0.3, -0.25) is 9.59 Å². The molecule has 1 amide bonds. The smallest absolute Gasteiger partial charge is 0.227 e. The van der Waals surface area contributed by atoms with Gasteiger partial charge in [0.25, 0.3) is 0 Å². The van der Waals surface area contributed by atoms with Crippen molar-refractivity contribution in [1.82, 2.24) is 14.9 Å². The first-order valence-electron chi connectivity index (χ1n) is 8.64. The molecule has 1 fully saturated rings. The van der Waals surface area contributed by atoms with Gasteiger partial charge in [0.05, 0.1) is 6.33 Å². The zero-order valence-corrected chi connectivity index (χ0v) is 15.6. The van der Waals surface area contributed by atoms with Crippen LogP contribution in [0.5, 0.6) is 5.75 Å². The molecule has 3 rings (SSSR count). The standard InChI is InChI=1S/C18H23N3O4S/c1-13-10-14(22)16(24)17(25-13)18(2-8-26-9-3-18)11-15(23)20-5-7-21-6-4-19-12-21/h4,6,10,12,24H,2-3,5,7-9,11H2,1H3,(H,20,23). The number of carbonyl (C=O) groups is 1. The summed E-state index contributed by atoms with van der Waals surface area (Å²) in [6, 6.07) is 1.27. The molecule has 0 aromatic carbocycles. The van der Waals surface area contributed by atoms with E-state index >= 15 is 0 Å². The molecule has 0 unspecified atom stereocenters. The third-order valence-electron chi connectivity index (χ3n) is 4.73. The van der Waals surface area contributed by atoms with Crippen LogP contribution in [0.2, 0.25) is 0 Å². The summed E-state index contributed by atoms with van der Waals surface area (Å²) in [6.45, 7) is 2.81. The van der Waals surface area contributed by atoms with Crippen LogP contribution in [0.3, 0.4) is 0 Å². The minimum absolute atomic E-state index is 0.111. The third-order valence-corrected chi connectivity index (χ3v) is 5.71. The molecule has 0 radical (unpaired) electrons. The third kappa shape index (κ3) is 4.12. The van der Waals surface area contributed by atoms with Crippen LogP contribution >= 0.6 is 11.8 Å². The van der Waals surface area contributed by atoms with E-state index in [1.165, 1.54) is 6.07 Å². The summed E-state index contributed by atoms with van der Waals surface area (Å²) in [5, 5.41) is 13.2. The Labute approximate surface area is 155 Å². The number of aromatic nitrogens is 2. The van der Waals surface area contributed by atoms with Crippen LogP contribution in [-0.2, 0) is 16.8 Å². The van der Waals surface area contributed by atoms with E-state index in [2.05, 4.69) is 10.3 Å². The van der Waals surface area contributed by atoms with E-state index in [9.17, 15) is 14.7 Å². The Morgan fingerprint density at radius 1 is 1.46 bits per heavy atom. The van der Waals surface area contributed by atoms with Crippen LogP contribution in [0.25, 0.3) is 0 Å². The molecule has 26 heavy (non-hydrogen) atoms. The lowest BCUT2D eigenvalue weighted by atomic mass is 9.75. The minimum Gasteiger partial charge on any atom is -0.502 e. The van der Waals surface area contributed by atoms with Gasteiger partial charge in [-0.15, -0.1) is 0 Å². The normalized spacial score (nSPS) is 16.3. The van der Waals surface area contributed by atoms with E-state index in [0.717, 1.165) is 11.5 Å². The second-order valence-corrected chi connectivity index (χ2v) is 7.84. The summed E-state index contributed by atoms with van der Waals surface area (Å²) in [7, 11) is 0. The number of hydrogen-bond donors (Lipinski definition) is 2. The zero-order chi connectivity index (χ0) is 18.6. The van der Waals surface area contributed by atoms with Crippen LogP contribution < -0.4 is 10.7 Å². The molecule has 1 aliphatic heterocycles. The van der Waals surface area contributed by atoms with Gasteiger partial charge in [-0.25, -0.2) is 4.98 Å². The Bertz CT molecular complexity index is 810. The van der Waals surface area contributed by atoms with E-state index in [0.29, 0.717) is 31.7 Å². The van der Waals surface area contributed by atoms with Gasteiger partial charge in [0, 0.05) is 43.4 Å². The van der Waals surface area contributed by atoms with E-state index in [-0.39, 0.29) is 23.8 Å². The largest absolute Gasteiger partial charge is 0.502 e. The molecule has 0 aliphatic carbocycles. The lowest BCUT2D eigenvalue weighted by Crippen LogP contribution is -2.39. The first-order valence-corrected chi connectivity index (χ1v) is 9.80. The molecule has 2 aromatic heterocycles. The van der Waals surface area contributed by atoms with E-state index in [4.69, 9.17) is 4.42 Å². The number of aryl methyl sites for hydroxylation is 1. The first kappa shape index (κ1) is 18.6. The second kappa shape index (κ2) is 7.99. The quantitative estimate of drug-likeness (QED) is 0.797. The predicted molar refractivity (Wildman–Crippen MR) is 99.5 cm³/mol. The highest BCUT2D eigenvalue weighted by molar-refractivity contribution is 7.99. The molecule has 1 aliphatic rings. The molecule has 140 valence electrons. The molecule has 2 N–H and O–H groups in total. The monoisotopic (exact) mass is 377 g/mol. The second-order valence-electron chi connectivity index (χ2n) is 6.62. The van der Waals surface area contributed by atoms with Crippen molar-refractivity contribution in [2.75, 3.05) is 18.1 Å². The average Bonchev–Trinajstić information content (AvgIpc) is 3.12. The SMILES string of the molecule is Cc1cc(=O)c(O)c(C2(CC(=O)NCCn3ccnc3)CCSCC2)o1. The molecular formula is C18H23N3O4S. The number of carbonyl (C=O) groups excluding carboxylic acids is 1. The van der Waals surface area contributed by atoms with Crippen molar-refractivity contribution in [1.29, 1.82) is 0 Å². The molecular weight excluding hydrogens is 354 g/mol. The highest BCUT2D eigenvalue weighted by atomic mass is 32.2. The molecule has 1 saturated heterocycles. The maximum atomic E-state index is 12.6. The van der Waals surface area contributed by atoms with E-state index < -0.39 is 10.8 Å². The molecule has 0 bridgehead atoms. The Kier molecular flexibility index (Phi) is 5.70. The summed E-state index contributed by atoms with van der Waals surface area (Å²) in [4.78, 5) is 28.5. The highest BCUT2D eigenvalue weighted by Gasteiger charge is 2.41. The number of imidazole rings is 1. The van der Waals surface area contributed by atoms with Gasteiger partial charge in [0.1, 0.15) is 5.76 Å². The summed E-state index contributed by atoms with van der Waals surface area (Å²) < 4.78 is 7.63. The molecule has 3 heterocycles. The van der Waals surface area contributed by atoms with Gasteiger partial charge in [-0.2, -0.15) is 11.8 Å². The number of amides is 1. The fourth-order valence-electron chi connectivity index (χ4n) is 3.32. The van der Waals surface area contributed by atoms with Crippen molar-refractivity contribution >= 4 is 17.7 Å². The Balaban J connectivity index is 1.75. The number of aromatic hydroxyl groups is 1. The summed E-state index contributed by atoms with van der Waals surface area (Å²) in [5.41, 5.74) is -1.10. The Morgan fingerprint density at radius 2 is 2.23 bits per heavy atom. The van der Waals surface area contributed by atoms with Crippen molar-refractivity contribution in [2.24, 2.45) is 0 Å². The van der Waals surface area contributed by atoms with Gasteiger partial charge in [-0.05, 0) is 31.3 Å². The molecule has 2 aromatic rings. The minimum atomic E-state index is -0.639. The number of thioether (sulfide) groups is 1. The van der Waals surface area contributed by atoms with Crippen LogP contribution in [0.15, 0.2) is 34.0 Å². The van der Waals surface area contributed by atoms with Gasteiger partial charge in [0.2, 0.25) is 17.1 Å². The Hall–Kier alpha value is -2.22. The molecule has 7 nitrogen and oxygen atoms in total. The number of nitrogens with zero attached hydrogens (tertiary/aromatic N) is 2. The molecule has 0 spiro atoms. The van der Waals surface area contributed by atoms with Crippen LogP contribution in [0.1, 0.15) is 30.8 Å². The van der Waals surface area contributed by atoms with Gasteiger partial charge in [-0.1, -0.05) is 0 Å². The topological polar surface area (TPSA) is 97.4 Å². The summed E-state index contributed by atoms with van der Waals surface area (Å²) in [6.07, 6.45) is 6.80. The zero-order valence-electron chi connectivity index (χ0n) is 14.7. The van der Waals surface area contributed by atoms with Gasteiger partial charge < -0.3 is 19.4 Å². The predicted octanol–water partition coefficient (Wildman–Crippen LogP) is 1.82. The van der Waals surface area contributed by atoms with Crippen molar-refractivity contribution < 1.29 is 14.3 Å². The van der Waals surface area contributed by atoms with Gasteiger partial charge in [0.15, 0.2) is 5.76 Å². The fourth-order valence-corrected chi connectivity index (χ4v) is 4.60. The molecule has 8 heteroatoms. The van der Waals surface area contributed by atoms with Gasteiger partial charge >= 0.3 is 0 Å².